The molecule has 3 heterocycles. The van der Waals surface area contributed by atoms with Gasteiger partial charge in [0.1, 0.15) is 5.65 Å². The maximum atomic E-state index is 15.1. The minimum absolute atomic E-state index is 0.0434. The highest BCUT2D eigenvalue weighted by molar-refractivity contribution is 6.31. The first-order chi connectivity index (χ1) is 22.2. The number of nitrogens with one attached hydrogen (secondary N) is 6. The summed E-state index contributed by atoms with van der Waals surface area (Å²) in [6, 6.07) is 13.0. The van der Waals surface area contributed by atoms with Crippen molar-refractivity contribution in [3.63, 3.8) is 0 Å². The number of fused-ring (bicyclic) bond motifs is 1. The van der Waals surface area contributed by atoms with E-state index in [1.807, 2.05) is 31.2 Å². The molecule has 0 radical (unpaired) electrons. The molecule has 0 aliphatic rings. The quantitative estimate of drug-likeness (QED) is 0.0617. The van der Waals surface area contributed by atoms with Gasteiger partial charge in [-0.25, -0.2) is 14.2 Å². The molecule has 5 aromatic rings. The molecule has 10 N–H and O–H groups in total. The molecule has 0 spiro atoms. The van der Waals surface area contributed by atoms with Crippen LogP contribution in [-0.4, -0.2) is 55.6 Å². The lowest BCUT2D eigenvalue weighted by atomic mass is 10.0. The van der Waals surface area contributed by atoms with Crippen LogP contribution >= 0.6 is 11.6 Å². The monoisotopic (exact) mass is 647 g/mol. The van der Waals surface area contributed by atoms with Crippen LogP contribution in [0, 0.1) is 11.2 Å². The Kier molecular flexibility index (Phi) is 10.7. The van der Waals surface area contributed by atoms with Crippen LogP contribution in [0.25, 0.3) is 28.0 Å². The fraction of sp³-hybridized carbons (Fsp3) is 0.312. The minimum atomic E-state index is -0.530. The number of benzene rings is 2. The second-order valence-corrected chi connectivity index (χ2v) is 11.8. The molecule has 0 amide bonds. The predicted molar refractivity (Wildman–Crippen MR) is 181 cm³/mol. The van der Waals surface area contributed by atoms with E-state index >= 15 is 4.39 Å². The van der Waals surface area contributed by atoms with Gasteiger partial charge in [0.2, 0.25) is 0 Å². The SMILES string of the molecule is C[C@H](N)CCCc1cc(Cl)c(F)c(-c2cc3cn(-c4ccc(CN[C@H](CCNC(=N)N)CNc5ncc[nH]5)cc4)c(=O)nc3[nH]2)c1. The minimum Gasteiger partial charge on any atom is -0.370 e. The summed E-state index contributed by atoms with van der Waals surface area (Å²) in [5.41, 5.74) is 14.6. The molecule has 5 rings (SSSR count). The van der Waals surface area contributed by atoms with Crippen LogP contribution in [0.15, 0.2) is 65.8 Å². The number of aromatic nitrogens is 5. The highest BCUT2D eigenvalue weighted by Gasteiger charge is 2.16. The van der Waals surface area contributed by atoms with Gasteiger partial charge in [-0.05, 0) is 74.1 Å². The van der Waals surface area contributed by atoms with Crippen molar-refractivity contribution in [2.45, 2.75) is 51.2 Å². The zero-order valence-corrected chi connectivity index (χ0v) is 26.3. The van der Waals surface area contributed by atoms with Gasteiger partial charge < -0.3 is 37.4 Å². The van der Waals surface area contributed by atoms with E-state index in [-0.39, 0.29) is 23.1 Å². The van der Waals surface area contributed by atoms with E-state index in [9.17, 15) is 4.79 Å². The van der Waals surface area contributed by atoms with Crippen LogP contribution in [0.1, 0.15) is 37.3 Å². The number of imidazole rings is 1. The van der Waals surface area contributed by atoms with Crippen LogP contribution < -0.4 is 33.1 Å². The summed E-state index contributed by atoms with van der Waals surface area (Å²) in [7, 11) is 0. The third-order valence-electron chi connectivity index (χ3n) is 7.64. The van der Waals surface area contributed by atoms with Gasteiger partial charge in [-0.3, -0.25) is 9.98 Å². The normalized spacial score (nSPS) is 12.7. The van der Waals surface area contributed by atoms with Crippen molar-refractivity contribution in [1.82, 2.24) is 35.1 Å². The molecule has 2 aromatic carbocycles. The van der Waals surface area contributed by atoms with E-state index in [1.165, 1.54) is 4.57 Å². The Hall–Kier alpha value is -4.72. The first-order valence-corrected chi connectivity index (χ1v) is 15.5. The van der Waals surface area contributed by atoms with E-state index in [0.29, 0.717) is 53.6 Å². The number of nitrogens with zero attached hydrogens (tertiary/aromatic N) is 3. The van der Waals surface area contributed by atoms with Crippen LogP contribution in [0.4, 0.5) is 10.3 Å². The average Bonchev–Trinajstić information content (AvgIpc) is 3.69. The van der Waals surface area contributed by atoms with Gasteiger partial charge in [0.15, 0.2) is 17.7 Å². The Balaban J connectivity index is 1.29. The third-order valence-corrected chi connectivity index (χ3v) is 7.92. The Labute approximate surface area is 270 Å². The number of aromatic amines is 2. The lowest BCUT2D eigenvalue weighted by Gasteiger charge is -2.20. The smallest absolute Gasteiger partial charge is 0.354 e. The van der Waals surface area contributed by atoms with Crippen molar-refractivity contribution in [1.29, 1.82) is 5.41 Å². The molecular formula is C32H39ClFN11O. The summed E-state index contributed by atoms with van der Waals surface area (Å²) in [6.45, 7) is 3.70. The second kappa shape index (κ2) is 15.0. The molecule has 0 bridgehead atoms. The standard InChI is InChI=1S/C32H39ClFN11O/c1-19(35)3-2-4-21-13-25(28(34)26(33)14-21)27-15-22-18-45(32(46)44-29(22)43-27)24-7-5-20(6-8-24)16-41-23(9-10-38-30(36)37)17-42-31-39-11-12-40-31/h5-8,11-15,18-19,23,41H,2-4,9-10,16-17,35H2,1H3,(H4,36,37,38)(H2,39,40,42)(H,43,44,46)/t19-,23+/m0/s1. The molecular weight excluding hydrogens is 609 g/mol. The molecule has 12 nitrogen and oxygen atoms in total. The van der Waals surface area contributed by atoms with Gasteiger partial charge in [0.25, 0.3) is 0 Å². The Morgan fingerprint density at radius 1 is 1.17 bits per heavy atom. The number of hydrogen-bond donors (Lipinski definition) is 8. The molecule has 0 saturated carbocycles. The molecule has 3 aromatic heterocycles. The highest BCUT2D eigenvalue weighted by Crippen LogP contribution is 2.31. The lowest BCUT2D eigenvalue weighted by molar-refractivity contribution is 0.493. The summed E-state index contributed by atoms with van der Waals surface area (Å²) >= 11 is 6.25. The molecule has 242 valence electrons. The molecule has 0 saturated heterocycles. The molecule has 2 atom stereocenters. The van der Waals surface area contributed by atoms with Gasteiger partial charge in [-0.2, -0.15) is 4.98 Å². The fourth-order valence-corrected chi connectivity index (χ4v) is 5.46. The maximum Gasteiger partial charge on any atom is 0.354 e. The van der Waals surface area contributed by atoms with E-state index in [0.717, 1.165) is 36.8 Å². The zero-order valence-electron chi connectivity index (χ0n) is 25.5. The van der Waals surface area contributed by atoms with Crippen molar-refractivity contribution in [3.05, 3.63) is 93.5 Å². The maximum absolute atomic E-state index is 15.1. The van der Waals surface area contributed by atoms with Crippen molar-refractivity contribution in [3.8, 4) is 16.9 Å². The van der Waals surface area contributed by atoms with Gasteiger partial charge in [0.05, 0.1) is 16.4 Å². The molecule has 14 heteroatoms. The van der Waals surface area contributed by atoms with Crippen molar-refractivity contribution in [2.24, 2.45) is 11.5 Å². The second-order valence-electron chi connectivity index (χ2n) is 11.4. The Morgan fingerprint density at radius 2 is 1.98 bits per heavy atom. The number of guanidine groups is 1. The van der Waals surface area contributed by atoms with Crippen LogP contribution in [-0.2, 0) is 13.0 Å². The average molecular weight is 648 g/mol. The van der Waals surface area contributed by atoms with Crippen LogP contribution in [0.5, 0.6) is 0 Å². The van der Waals surface area contributed by atoms with Crippen molar-refractivity contribution < 1.29 is 4.39 Å². The molecule has 0 fully saturated rings. The fourth-order valence-electron chi connectivity index (χ4n) is 5.21. The summed E-state index contributed by atoms with van der Waals surface area (Å²) in [4.78, 5) is 27.6. The van der Waals surface area contributed by atoms with Gasteiger partial charge in [-0.1, -0.05) is 23.7 Å². The van der Waals surface area contributed by atoms with E-state index < -0.39 is 11.5 Å². The van der Waals surface area contributed by atoms with Gasteiger partial charge >= 0.3 is 5.69 Å². The van der Waals surface area contributed by atoms with E-state index in [4.69, 9.17) is 28.5 Å². The molecule has 0 aliphatic heterocycles. The van der Waals surface area contributed by atoms with E-state index in [2.05, 4.69) is 35.9 Å². The summed E-state index contributed by atoms with van der Waals surface area (Å²) in [5, 5.41) is 17.7. The predicted octanol–water partition coefficient (Wildman–Crippen LogP) is 4.01. The van der Waals surface area contributed by atoms with Crippen molar-refractivity contribution in [2.75, 3.05) is 18.4 Å². The molecule has 46 heavy (non-hydrogen) atoms. The molecule has 0 aliphatic carbocycles. The summed E-state index contributed by atoms with van der Waals surface area (Å²) < 4.78 is 16.6. The number of nitrogens with two attached hydrogens (primary N) is 2. The van der Waals surface area contributed by atoms with Gasteiger partial charge in [0, 0.05) is 61.3 Å². The van der Waals surface area contributed by atoms with Crippen LogP contribution in [0.3, 0.4) is 0 Å². The number of halogens is 2. The number of aryl methyl sites for hydroxylation is 1. The van der Waals surface area contributed by atoms with Gasteiger partial charge in [-0.15, -0.1) is 0 Å². The number of hydrogen-bond acceptors (Lipinski definition) is 7. The first kappa shape index (κ1) is 32.7. The van der Waals surface area contributed by atoms with E-state index in [1.54, 1.807) is 36.8 Å². The number of anilines is 1. The molecule has 0 unspecified atom stereocenters. The summed E-state index contributed by atoms with van der Waals surface area (Å²) in [5.74, 6) is 0.0797. The third kappa shape index (κ3) is 8.50. The topological polar surface area (TPSA) is 191 Å². The first-order valence-electron chi connectivity index (χ1n) is 15.2. The number of rotatable bonds is 15. The Bertz CT molecular complexity index is 1820. The largest absolute Gasteiger partial charge is 0.370 e. The summed E-state index contributed by atoms with van der Waals surface area (Å²) in [6.07, 6.45) is 8.29. The lowest BCUT2D eigenvalue weighted by Crippen LogP contribution is -2.40. The highest BCUT2D eigenvalue weighted by atomic mass is 35.5. The van der Waals surface area contributed by atoms with Crippen LogP contribution in [0.2, 0.25) is 5.02 Å². The number of H-pyrrole nitrogens is 2. The zero-order chi connectivity index (χ0) is 32.6. The van der Waals surface area contributed by atoms with Crippen molar-refractivity contribution >= 4 is 34.5 Å². The Morgan fingerprint density at radius 3 is 2.70 bits per heavy atom.